The van der Waals surface area contributed by atoms with Crippen LogP contribution in [-0.4, -0.2) is 26.3 Å². The van der Waals surface area contributed by atoms with E-state index in [1.807, 2.05) is 6.92 Å². The van der Waals surface area contributed by atoms with Crippen LogP contribution in [0.25, 0.3) is 0 Å². The first-order valence-electron chi connectivity index (χ1n) is 3.61. The number of rotatable bonds is 3. The number of carbonyl (C=O) groups is 1. The fraction of sp³-hybridized carbons (Fsp3) is 0.875. The molecule has 0 fully saturated rings. The van der Waals surface area contributed by atoms with Crippen molar-refractivity contribution in [2.75, 3.05) is 14.2 Å². The fourth-order valence-corrected chi connectivity index (χ4v) is 0.430. The molecule has 0 spiro atoms. The van der Waals surface area contributed by atoms with Crippen LogP contribution in [0.3, 0.4) is 0 Å². The molecule has 3 heteroatoms. The molecule has 3 nitrogen and oxygen atoms in total. The van der Waals surface area contributed by atoms with Gasteiger partial charge in [0, 0.05) is 14.2 Å². The molecule has 0 aliphatic heterocycles. The summed E-state index contributed by atoms with van der Waals surface area (Å²) in [6.07, 6.45) is 0.896. The van der Waals surface area contributed by atoms with Gasteiger partial charge in [-0.25, -0.2) is 0 Å². The number of hydrogen-bond acceptors (Lipinski definition) is 3. The molecular weight excluding hydrogens is 144 g/mol. The van der Waals surface area contributed by atoms with Gasteiger partial charge < -0.3 is 14.3 Å². The van der Waals surface area contributed by atoms with Crippen LogP contribution < -0.4 is 0 Å². The number of ether oxygens (including phenoxy) is 2. The van der Waals surface area contributed by atoms with E-state index < -0.39 is 0 Å². The molecule has 0 unspecified atom stereocenters. The monoisotopic (exact) mass is 162 g/mol. The summed E-state index contributed by atoms with van der Waals surface area (Å²) in [4.78, 5) is 9.44. The fourth-order valence-electron chi connectivity index (χ4n) is 0.430. The second-order valence-corrected chi connectivity index (χ2v) is 2.22. The maximum atomic E-state index is 9.44. The molecule has 0 aromatic heterocycles. The summed E-state index contributed by atoms with van der Waals surface area (Å²) in [6, 6.07) is 0. The van der Waals surface area contributed by atoms with E-state index in [1.165, 1.54) is 13.8 Å². The summed E-state index contributed by atoms with van der Waals surface area (Å²) in [6.45, 7) is 5.07. The van der Waals surface area contributed by atoms with E-state index in [4.69, 9.17) is 9.47 Å². The largest absolute Gasteiger partial charge is 0.356 e. The van der Waals surface area contributed by atoms with Crippen molar-refractivity contribution in [2.45, 2.75) is 33.5 Å². The van der Waals surface area contributed by atoms with Gasteiger partial charge in [-0.3, -0.25) is 0 Å². The van der Waals surface area contributed by atoms with Crippen molar-refractivity contribution in [3.63, 3.8) is 0 Å². The molecule has 0 bridgehead atoms. The third kappa shape index (κ3) is 17.7. The highest BCUT2D eigenvalue weighted by atomic mass is 16.7. The molecule has 68 valence electrons. The highest BCUT2D eigenvalue weighted by Gasteiger charge is 1.96. The highest BCUT2D eigenvalue weighted by Crippen LogP contribution is 1.93. The molecule has 0 saturated carbocycles. The van der Waals surface area contributed by atoms with Crippen molar-refractivity contribution in [1.29, 1.82) is 0 Å². The van der Waals surface area contributed by atoms with E-state index in [9.17, 15) is 4.79 Å². The van der Waals surface area contributed by atoms with E-state index in [-0.39, 0.29) is 12.1 Å². The Hall–Kier alpha value is -0.410. The number of ketones is 1. The zero-order valence-corrected chi connectivity index (χ0v) is 8.01. The Bertz CT molecular complexity index is 77.8. The average Bonchev–Trinajstić information content (AvgIpc) is 1.90. The van der Waals surface area contributed by atoms with Crippen LogP contribution in [0.15, 0.2) is 0 Å². The van der Waals surface area contributed by atoms with Crippen LogP contribution in [0.1, 0.15) is 27.2 Å². The van der Waals surface area contributed by atoms with E-state index in [0.29, 0.717) is 0 Å². The lowest BCUT2D eigenvalue weighted by molar-refractivity contribution is -0.115. The molecular formula is C8H18O3. The second kappa shape index (κ2) is 9.59. The van der Waals surface area contributed by atoms with Gasteiger partial charge in [-0.05, 0) is 20.3 Å². The molecule has 0 rings (SSSR count). The normalized spacial score (nSPS) is 8.91. The van der Waals surface area contributed by atoms with Gasteiger partial charge >= 0.3 is 0 Å². The van der Waals surface area contributed by atoms with Gasteiger partial charge in [-0.1, -0.05) is 6.92 Å². The molecule has 0 amide bonds. The lowest BCUT2D eigenvalue weighted by Gasteiger charge is -2.08. The van der Waals surface area contributed by atoms with Crippen LogP contribution in [0.4, 0.5) is 0 Å². The minimum Gasteiger partial charge on any atom is -0.356 e. The van der Waals surface area contributed by atoms with E-state index in [0.717, 1.165) is 6.42 Å². The number of methoxy groups -OCH3 is 2. The van der Waals surface area contributed by atoms with Gasteiger partial charge in [-0.15, -0.1) is 0 Å². The van der Waals surface area contributed by atoms with E-state index in [1.54, 1.807) is 14.2 Å². The Morgan fingerprint density at radius 1 is 1.27 bits per heavy atom. The van der Waals surface area contributed by atoms with E-state index >= 15 is 0 Å². The third-order valence-corrected chi connectivity index (χ3v) is 0.859. The zero-order valence-electron chi connectivity index (χ0n) is 8.01. The molecule has 0 N–H and O–H groups in total. The lowest BCUT2D eigenvalue weighted by Crippen LogP contribution is -2.10. The van der Waals surface area contributed by atoms with Crippen molar-refractivity contribution in [3.05, 3.63) is 0 Å². The van der Waals surface area contributed by atoms with Crippen molar-refractivity contribution in [3.8, 4) is 0 Å². The standard InChI is InChI=1S/C5H12O2.C3H6O/c1-4-5(6-2)7-3;1-3(2)4/h5H,4H2,1-3H3;1-2H3. The topological polar surface area (TPSA) is 35.5 Å². The minimum absolute atomic E-state index is 0.0139. The Morgan fingerprint density at radius 2 is 1.55 bits per heavy atom. The zero-order chi connectivity index (χ0) is 9.28. The molecule has 0 radical (unpaired) electrons. The first-order valence-corrected chi connectivity index (χ1v) is 3.61. The molecule has 0 atom stereocenters. The van der Waals surface area contributed by atoms with Crippen molar-refractivity contribution >= 4 is 5.78 Å². The van der Waals surface area contributed by atoms with Gasteiger partial charge in [0.2, 0.25) is 0 Å². The van der Waals surface area contributed by atoms with Crippen molar-refractivity contribution in [2.24, 2.45) is 0 Å². The maximum Gasteiger partial charge on any atom is 0.156 e. The molecule has 11 heavy (non-hydrogen) atoms. The maximum absolute atomic E-state index is 9.44. The van der Waals surface area contributed by atoms with Crippen LogP contribution >= 0.6 is 0 Å². The molecule has 0 heterocycles. The van der Waals surface area contributed by atoms with Crippen molar-refractivity contribution < 1.29 is 14.3 Å². The molecule has 0 aromatic carbocycles. The van der Waals surface area contributed by atoms with Crippen molar-refractivity contribution in [1.82, 2.24) is 0 Å². The Kier molecular flexibility index (Phi) is 11.5. The van der Waals surface area contributed by atoms with Crippen LogP contribution in [-0.2, 0) is 14.3 Å². The summed E-state index contributed by atoms with van der Waals surface area (Å²) in [5, 5.41) is 0. The van der Waals surface area contributed by atoms with Gasteiger partial charge in [-0.2, -0.15) is 0 Å². The second-order valence-electron chi connectivity index (χ2n) is 2.22. The van der Waals surface area contributed by atoms with Crippen LogP contribution in [0.2, 0.25) is 0 Å². The highest BCUT2D eigenvalue weighted by molar-refractivity contribution is 5.72. The average molecular weight is 162 g/mol. The molecule has 0 aliphatic rings. The number of hydrogen-bond donors (Lipinski definition) is 0. The SMILES string of the molecule is CC(C)=O.CCC(OC)OC. The van der Waals surface area contributed by atoms with Gasteiger partial charge in [0.05, 0.1) is 0 Å². The predicted octanol–water partition coefficient (Wildman–Crippen LogP) is 1.61. The Balaban J connectivity index is 0. The molecule has 0 aromatic rings. The van der Waals surface area contributed by atoms with Gasteiger partial charge in [0.25, 0.3) is 0 Å². The van der Waals surface area contributed by atoms with Gasteiger partial charge in [0.1, 0.15) is 5.78 Å². The first kappa shape index (κ1) is 13.2. The quantitative estimate of drug-likeness (QED) is 0.591. The van der Waals surface area contributed by atoms with Crippen LogP contribution in [0.5, 0.6) is 0 Å². The summed E-state index contributed by atoms with van der Waals surface area (Å²) < 4.78 is 9.65. The Morgan fingerprint density at radius 3 is 1.55 bits per heavy atom. The lowest BCUT2D eigenvalue weighted by atomic mass is 10.5. The minimum atomic E-state index is -0.0139. The van der Waals surface area contributed by atoms with Crippen LogP contribution in [0, 0.1) is 0 Å². The first-order chi connectivity index (χ1) is 5.08. The summed E-state index contributed by atoms with van der Waals surface area (Å²) in [7, 11) is 3.27. The number of Topliss-reactive ketones (excluding diaryl/α,β-unsaturated/α-hetero) is 1. The van der Waals surface area contributed by atoms with Gasteiger partial charge in [0.15, 0.2) is 6.29 Å². The smallest absolute Gasteiger partial charge is 0.156 e. The summed E-state index contributed by atoms with van der Waals surface area (Å²) in [5.41, 5.74) is 0. The Labute approximate surface area is 68.7 Å². The summed E-state index contributed by atoms with van der Waals surface area (Å²) >= 11 is 0. The van der Waals surface area contributed by atoms with E-state index in [2.05, 4.69) is 0 Å². The molecule has 0 aliphatic carbocycles. The summed E-state index contributed by atoms with van der Waals surface area (Å²) in [5.74, 6) is 0.167. The third-order valence-electron chi connectivity index (χ3n) is 0.859. The molecule has 0 saturated heterocycles. The number of carbonyl (C=O) groups excluding carboxylic acids is 1. The predicted molar refractivity (Wildman–Crippen MR) is 44.5 cm³/mol.